The van der Waals surface area contributed by atoms with Crippen LogP contribution in [0.25, 0.3) is 0 Å². The highest BCUT2D eigenvalue weighted by Gasteiger charge is 2.31. The van der Waals surface area contributed by atoms with Gasteiger partial charge in [-0.05, 0) is 11.6 Å². The summed E-state index contributed by atoms with van der Waals surface area (Å²) in [5.41, 5.74) is 0.988. The number of pyridine rings is 1. The van der Waals surface area contributed by atoms with Gasteiger partial charge >= 0.3 is 0 Å². The Labute approximate surface area is 75.8 Å². The second kappa shape index (κ2) is 3.09. The zero-order chi connectivity index (χ0) is 9.26. The molecule has 0 aliphatic heterocycles. The van der Waals surface area contributed by atoms with Crippen LogP contribution in [-0.2, 0) is 9.59 Å². The molecule has 66 valence electrons. The molecule has 3 heteroatoms. The van der Waals surface area contributed by atoms with Crippen molar-refractivity contribution in [3.63, 3.8) is 0 Å². The molecule has 0 saturated heterocycles. The third kappa shape index (κ3) is 1.49. The lowest BCUT2D eigenvalue weighted by atomic mass is 10.00. The van der Waals surface area contributed by atoms with Gasteiger partial charge in [0.05, 0.1) is 0 Å². The molecule has 1 saturated carbocycles. The Morgan fingerprint density at radius 3 is 2.46 bits per heavy atom. The van der Waals surface area contributed by atoms with E-state index >= 15 is 0 Å². The second-order valence-electron chi connectivity index (χ2n) is 3.24. The first kappa shape index (κ1) is 8.10. The van der Waals surface area contributed by atoms with Gasteiger partial charge in [-0.1, -0.05) is 6.07 Å². The van der Waals surface area contributed by atoms with E-state index < -0.39 is 0 Å². The first-order valence-electron chi connectivity index (χ1n) is 4.23. The number of rotatable bonds is 1. The summed E-state index contributed by atoms with van der Waals surface area (Å²) in [6.45, 7) is 0. The molecule has 1 fully saturated rings. The molecule has 2 rings (SSSR count). The summed E-state index contributed by atoms with van der Waals surface area (Å²) >= 11 is 0. The summed E-state index contributed by atoms with van der Waals surface area (Å²) < 4.78 is 0. The first-order chi connectivity index (χ1) is 6.27. The predicted molar refractivity (Wildman–Crippen MR) is 46.2 cm³/mol. The Hall–Kier alpha value is -1.51. The number of Topliss-reactive ketones (excluding diaryl/α,β-unsaturated/α-hetero) is 2. The molecule has 1 aromatic heterocycles. The van der Waals surface area contributed by atoms with E-state index in [1.807, 2.05) is 12.1 Å². The fraction of sp³-hybridized carbons (Fsp3) is 0.300. The Morgan fingerprint density at radius 1 is 1.23 bits per heavy atom. The third-order valence-electron chi connectivity index (χ3n) is 2.33. The van der Waals surface area contributed by atoms with Gasteiger partial charge in [0.2, 0.25) is 0 Å². The van der Waals surface area contributed by atoms with Crippen LogP contribution in [0.4, 0.5) is 0 Å². The Bertz CT molecular complexity index is 329. The Morgan fingerprint density at radius 2 is 1.92 bits per heavy atom. The van der Waals surface area contributed by atoms with Crippen molar-refractivity contribution in [3.8, 4) is 0 Å². The molecule has 3 nitrogen and oxygen atoms in total. The van der Waals surface area contributed by atoms with Crippen LogP contribution < -0.4 is 0 Å². The van der Waals surface area contributed by atoms with Crippen molar-refractivity contribution in [2.45, 2.75) is 18.8 Å². The van der Waals surface area contributed by atoms with Gasteiger partial charge in [-0.25, -0.2) is 0 Å². The molecule has 13 heavy (non-hydrogen) atoms. The van der Waals surface area contributed by atoms with Crippen LogP contribution in [0.3, 0.4) is 0 Å². The van der Waals surface area contributed by atoms with E-state index in [0.29, 0.717) is 12.8 Å². The van der Waals surface area contributed by atoms with Gasteiger partial charge in [0.25, 0.3) is 0 Å². The monoisotopic (exact) mass is 175 g/mol. The first-order valence-corrected chi connectivity index (χ1v) is 4.23. The summed E-state index contributed by atoms with van der Waals surface area (Å²) in [6.07, 6.45) is 4.10. The molecule has 0 amide bonds. The number of hydrogen-bond donors (Lipinski definition) is 0. The molecule has 0 N–H and O–H groups in total. The zero-order valence-corrected chi connectivity index (χ0v) is 7.06. The summed E-state index contributed by atoms with van der Waals surface area (Å²) in [5.74, 6) is -0.420. The maximum Gasteiger partial charge on any atom is 0.199 e. The van der Waals surface area contributed by atoms with E-state index in [1.165, 1.54) is 0 Å². The van der Waals surface area contributed by atoms with E-state index in [2.05, 4.69) is 4.98 Å². The number of ketones is 2. The number of carbonyl (C=O) groups excluding carboxylic acids is 2. The SMILES string of the molecule is O=C1CC(c2cccnc2)CC1=O. The topological polar surface area (TPSA) is 47.0 Å². The summed E-state index contributed by atoms with van der Waals surface area (Å²) in [5, 5.41) is 0. The van der Waals surface area contributed by atoms with Crippen LogP contribution in [0.5, 0.6) is 0 Å². The molecule has 0 unspecified atom stereocenters. The van der Waals surface area contributed by atoms with E-state index in [9.17, 15) is 9.59 Å². The third-order valence-corrected chi connectivity index (χ3v) is 2.33. The van der Waals surface area contributed by atoms with Gasteiger partial charge in [-0.2, -0.15) is 0 Å². The highest BCUT2D eigenvalue weighted by atomic mass is 16.2. The van der Waals surface area contributed by atoms with Crippen molar-refractivity contribution in [1.82, 2.24) is 4.98 Å². The van der Waals surface area contributed by atoms with Gasteiger partial charge in [0.15, 0.2) is 11.6 Å². The van der Waals surface area contributed by atoms with Crippen LogP contribution >= 0.6 is 0 Å². The smallest absolute Gasteiger partial charge is 0.199 e. The quantitative estimate of drug-likeness (QED) is 0.600. The van der Waals surface area contributed by atoms with Crippen LogP contribution in [0.2, 0.25) is 0 Å². The molecule has 1 aliphatic rings. The van der Waals surface area contributed by atoms with Crippen LogP contribution in [0, 0.1) is 0 Å². The fourth-order valence-corrected chi connectivity index (χ4v) is 1.60. The van der Waals surface area contributed by atoms with Crippen molar-refractivity contribution in [1.29, 1.82) is 0 Å². The highest BCUT2D eigenvalue weighted by Crippen LogP contribution is 2.29. The van der Waals surface area contributed by atoms with Gasteiger partial charge in [-0.15, -0.1) is 0 Å². The Balaban J connectivity index is 2.21. The van der Waals surface area contributed by atoms with Crippen LogP contribution in [0.1, 0.15) is 24.3 Å². The van der Waals surface area contributed by atoms with Crippen molar-refractivity contribution in [3.05, 3.63) is 30.1 Å². The van der Waals surface area contributed by atoms with E-state index in [0.717, 1.165) is 5.56 Å². The summed E-state index contributed by atoms with van der Waals surface area (Å²) in [4.78, 5) is 25.9. The van der Waals surface area contributed by atoms with E-state index in [1.54, 1.807) is 12.4 Å². The highest BCUT2D eigenvalue weighted by molar-refractivity contribution is 6.39. The van der Waals surface area contributed by atoms with Gasteiger partial charge < -0.3 is 0 Å². The molecule has 0 atom stereocenters. The maximum atomic E-state index is 11.0. The zero-order valence-electron chi connectivity index (χ0n) is 7.06. The lowest BCUT2D eigenvalue weighted by Crippen LogP contribution is -2.01. The molecule has 0 bridgehead atoms. The molecule has 1 heterocycles. The summed E-state index contributed by atoms with van der Waals surface area (Å²) in [7, 11) is 0. The largest absolute Gasteiger partial charge is 0.291 e. The molecule has 0 radical (unpaired) electrons. The molecule has 1 aliphatic carbocycles. The normalized spacial score (nSPS) is 18.2. The van der Waals surface area contributed by atoms with Crippen LogP contribution in [0.15, 0.2) is 24.5 Å². The Kier molecular flexibility index (Phi) is 1.93. The molecule has 0 aromatic carbocycles. The average Bonchev–Trinajstić information content (AvgIpc) is 2.49. The molecule has 1 aromatic rings. The maximum absolute atomic E-state index is 11.0. The molecular formula is C10H9NO2. The van der Waals surface area contributed by atoms with Gasteiger partial charge in [-0.3, -0.25) is 14.6 Å². The van der Waals surface area contributed by atoms with Gasteiger partial charge in [0, 0.05) is 31.2 Å². The second-order valence-corrected chi connectivity index (χ2v) is 3.24. The predicted octanol–water partition coefficient (Wildman–Crippen LogP) is 1.10. The lowest BCUT2D eigenvalue weighted by Gasteiger charge is -2.04. The number of aromatic nitrogens is 1. The van der Waals surface area contributed by atoms with E-state index in [4.69, 9.17) is 0 Å². The lowest BCUT2D eigenvalue weighted by molar-refractivity contribution is -0.134. The average molecular weight is 175 g/mol. The molecule has 0 spiro atoms. The molecular weight excluding hydrogens is 166 g/mol. The van der Waals surface area contributed by atoms with Crippen LogP contribution in [-0.4, -0.2) is 16.6 Å². The minimum atomic E-state index is -0.242. The number of hydrogen-bond acceptors (Lipinski definition) is 3. The number of carbonyl (C=O) groups is 2. The van der Waals surface area contributed by atoms with Crippen molar-refractivity contribution in [2.24, 2.45) is 0 Å². The fourth-order valence-electron chi connectivity index (χ4n) is 1.60. The number of nitrogens with zero attached hydrogens (tertiary/aromatic N) is 1. The van der Waals surface area contributed by atoms with E-state index in [-0.39, 0.29) is 17.5 Å². The minimum Gasteiger partial charge on any atom is -0.291 e. The van der Waals surface area contributed by atoms with Gasteiger partial charge in [0.1, 0.15) is 0 Å². The standard InChI is InChI=1S/C10H9NO2/c12-9-4-8(5-10(9)13)7-2-1-3-11-6-7/h1-3,6,8H,4-5H2. The van der Waals surface area contributed by atoms with Crippen molar-refractivity contribution >= 4 is 11.6 Å². The van der Waals surface area contributed by atoms with Crippen molar-refractivity contribution in [2.75, 3.05) is 0 Å². The van der Waals surface area contributed by atoms with Crippen molar-refractivity contribution < 1.29 is 9.59 Å². The minimum absolute atomic E-state index is 0.0636. The summed E-state index contributed by atoms with van der Waals surface area (Å²) in [6, 6.07) is 3.73.